The second-order valence-corrected chi connectivity index (χ2v) is 8.46. The SMILES string of the molecule is CCCOc1cccc(C(=O)Oc2ccc3c(c2)OC(N)=C(C#N)[C@@H]3c2ccc(OCC)c(OCC)c2)c1. The smallest absolute Gasteiger partial charge is 0.343 e. The van der Waals surface area contributed by atoms with Crippen LogP contribution in [-0.4, -0.2) is 25.8 Å². The van der Waals surface area contributed by atoms with Gasteiger partial charge in [0.1, 0.15) is 28.9 Å². The zero-order valence-electron chi connectivity index (χ0n) is 21.7. The fraction of sp³-hybridized carbons (Fsp3) is 0.267. The number of fused-ring (bicyclic) bond motifs is 1. The van der Waals surface area contributed by atoms with Crippen molar-refractivity contribution in [2.75, 3.05) is 19.8 Å². The molecule has 0 aliphatic carbocycles. The molecule has 0 spiro atoms. The van der Waals surface area contributed by atoms with Crippen molar-refractivity contribution >= 4 is 5.97 Å². The Morgan fingerprint density at radius 1 is 0.947 bits per heavy atom. The van der Waals surface area contributed by atoms with Crippen LogP contribution in [0.5, 0.6) is 28.7 Å². The van der Waals surface area contributed by atoms with Crippen LogP contribution >= 0.6 is 0 Å². The van der Waals surface area contributed by atoms with E-state index in [1.165, 1.54) is 0 Å². The van der Waals surface area contributed by atoms with Crippen molar-refractivity contribution in [1.29, 1.82) is 5.26 Å². The molecule has 0 bridgehead atoms. The lowest BCUT2D eigenvalue weighted by atomic mass is 9.83. The molecule has 2 N–H and O–H groups in total. The van der Waals surface area contributed by atoms with E-state index in [-0.39, 0.29) is 17.2 Å². The Kier molecular flexibility index (Phi) is 8.39. The summed E-state index contributed by atoms with van der Waals surface area (Å²) >= 11 is 0. The van der Waals surface area contributed by atoms with Crippen molar-refractivity contribution < 1.29 is 28.5 Å². The molecule has 1 atom stereocenters. The number of carbonyl (C=O) groups excluding carboxylic acids is 1. The first kappa shape index (κ1) is 26.4. The molecule has 0 saturated carbocycles. The first-order valence-corrected chi connectivity index (χ1v) is 12.5. The average molecular weight is 515 g/mol. The normalized spacial score (nSPS) is 14.1. The average Bonchev–Trinajstić information content (AvgIpc) is 2.92. The van der Waals surface area contributed by atoms with E-state index in [1.54, 1.807) is 42.5 Å². The van der Waals surface area contributed by atoms with Crippen LogP contribution in [0, 0.1) is 11.3 Å². The molecule has 1 aliphatic heterocycles. The summed E-state index contributed by atoms with van der Waals surface area (Å²) in [5.74, 6) is 1.41. The number of allylic oxidation sites excluding steroid dienone is 1. The summed E-state index contributed by atoms with van der Waals surface area (Å²) < 4.78 is 28.5. The molecular formula is C30H30N2O6. The number of carbonyl (C=O) groups is 1. The van der Waals surface area contributed by atoms with E-state index in [0.29, 0.717) is 53.9 Å². The van der Waals surface area contributed by atoms with Crippen LogP contribution in [-0.2, 0) is 0 Å². The number of nitrogens with zero attached hydrogens (tertiary/aromatic N) is 1. The first-order chi connectivity index (χ1) is 18.5. The maximum absolute atomic E-state index is 12.8. The molecule has 3 aromatic carbocycles. The molecule has 0 unspecified atom stereocenters. The largest absolute Gasteiger partial charge is 0.494 e. The fourth-order valence-corrected chi connectivity index (χ4v) is 4.19. The van der Waals surface area contributed by atoms with Crippen molar-refractivity contribution in [2.45, 2.75) is 33.1 Å². The predicted molar refractivity (Wildman–Crippen MR) is 142 cm³/mol. The van der Waals surface area contributed by atoms with Gasteiger partial charge < -0.3 is 29.4 Å². The van der Waals surface area contributed by atoms with Gasteiger partial charge in [0, 0.05) is 11.6 Å². The monoisotopic (exact) mass is 514 g/mol. The molecule has 1 aliphatic rings. The highest BCUT2D eigenvalue weighted by Crippen LogP contribution is 2.45. The third-order valence-electron chi connectivity index (χ3n) is 5.84. The summed E-state index contributed by atoms with van der Waals surface area (Å²) in [6, 6.07) is 19.6. The number of rotatable bonds is 10. The molecule has 0 amide bonds. The van der Waals surface area contributed by atoms with Crippen LogP contribution in [0.25, 0.3) is 0 Å². The quantitative estimate of drug-likeness (QED) is 0.270. The maximum Gasteiger partial charge on any atom is 0.343 e. The Bertz CT molecular complexity index is 1390. The Hall–Kier alpha value is -4.64. The Balaban J connectivity index is 1.65. The Morgan fingerprint density at radius 3 is 2.47 bits per heavy atom. The van der Waals surface area contributed by atoms with Gasteiger partial charge in [0.05, 0.1) is 31.3 Å². The highest BCUT2D eigenvalue weighted by molar-refractivity contribution is 5.91. The van der Waals surface area contributed by atoms with E-state index in [9.17, 15) is 10.1 Å². The van der Waals surface area contributed by atoms with Gasteiger partial charge in [0.2, 0.25) is 5.88 Å². The summed E-state index contributed by atoms with van der Waals surface area (Å²) in [4.78, 5) is 12.8. The van der Waals surface area contributed by atoms with Crippen molar-refractivity contribution in [3.63, 3.8) is 0 Å². The van der Waals surface area contributed by atoms with Crippen LogP contribution in [0.3, 0.4) is 0 Å². The minimum atomic E-state index is -0.534. The lowest BCUT2D eigenvalue weighted by Crippen LogP contribution is -2.21. The summed E-state index contributed by atoms with van der Waals surface area (Å²) in [5.41, 5.74) is 8.29. The summed E-state index contributed by atoms with van der Waals surface area (Å²) in [6.07, 6.45) is 0.861. The van der Waals surface area contributed by atoms with Gasteiger partial charge in [-0.3, -0.25) is 0 Å². The van der Waals surface area contributed by atoms with Crippen molar-refractivity contribution in [2.24, 2.45) is 5.73 Å². The summed E-state index contributed by atoms with van der Waals surface area (Å²) in [5, 5.41) is 9.90. The molecule has 3 aromatic rings. The molecule has 4 rings (SSSR count). The topological polar surface area (TPSA) is 113 Å². The number of esters is 1. The molecule has 1 heterocycles. The molecule has 196 valence electrons. The number of nitrogens with two attached hydrogens (primary N) is 1. The van der Waals surface area contributed by atoms with Gasteiger partial charge in [0.15, 0.2) is 11.5 Å². The van der Waals surface area contributed by atoms with Crippen molar-refractivity contribution in [3.05, 3.63) is 88.8 Å². The van der Waals surface area contributed by atoms with Crippen LogP contribution in [0.15, 0.2) is 72.1 Å². The van der Waals surface area contributed by atoms with Gasteiger partial charge in [0.25, 0.3) is 0 Å². The van der Waals surface area contributed by atoms with Gasteiger partial charge in [-0.25, -0.2) is 4.79 Å². The summed E-state index contributed by atoms with van der Waals surface area (Å²) in [6.45, 7) is 7.31. The molecule has 0 radical (unpaired) electrons. The van der Waals surface area contributed by atoms with E-state index in [0.717, 1.165) is 12.0 Å². The Morgan fingerprint density at radius 2 is 1.74 bits per heavy atom. The second-order valence-electron chi connectivity index (χ2n) is 8.46. The summed E-state index contributed by atoms with van der Waals surface area (Å²) in [7, 11) is 0. The standard InChI is InChI=1S/C30H30N2O6/c1-4-14-36-21-9-7-8-20(15-21)30(33)37-22-11-12-23-26(17-22)38-29(32)24(18-31)28(23)19-10-13-25(34-5-2)27(16-19)35-6-3/h7-13,15-17,28H,4-6,14,32H2,1-3H3/t28-/m1/s1. The highest BCUT2D eigenvalue weighted by Gasteiger charge is 2.32. The number of hydrogen-bond donors (Lipinski definition) is 1. The van der Waals surface area contributed by atoms with Crippen LogP contribution in [0.2, 0.25) is 0 Å². The van der Waals surface area contributed by atoms with Gasteiger partial charge in [-0.05, 0) is 62.2 Å². The van der Waals surface area contributed by atoms with Gasteiger partial charge in [-0.15, -0.1) is 0 Å². The van der Waals surface area contributed by atoms with E-state index >= 15 is 0 Å². The van der Waals surface area contributed by atoms with Crippen LogP contribution in [0.4, 0.5) is 0 Å². The lowest BCUT2D eigenvalue weighted by molar-refractivity contribution is 0.0734. The minimum Gasteiger partial charge on any atom is -0.494 e. The van der Waals surface area contributed by atoms with Gasteiger partial charge >= 0.3 is 5.97 Å². The molecule has 0 saturated heterocycles. The predicted octanol–water partition coefficient (Wildman–Crippen LogP) is 5.71. The maximum atomic E-state index is 12.8. The molecule has 0 fully saturated rings. The zero-order chi connectivity index (χ0) is 27.1. The van der Waals surface area contributed by atoms with Gasteiger partial charge in [-0.2, -0.15) is 5.26 Å². The number of ether oxygens (including phenoxy) is 5. The molecule has 0 aromatic heterocycles. The third-order valence-corrected chi connectivity index (χ3v) is 5.84. The van der Waals surface area contributed by atoms with E-state index in [1.807, 2.05) is 39.0 Å². The number of benzene rings is 3. The van der Waals surface area contributed by atoms with Crippen LogP contribution < -0.4 is 29.4 Å². The Labute approximate surface area is 222 Å². The third kappa shape index (κ3) is 5.68. The van der Waals surface area contributed by atoms with Crippen molar-refractivity contribution in [3.8, 4) is 34.8 Å². The van der Waals surface area contributed by atoms with E-state index in [4.69, 9.17) is 29.4 Å². The van der Waals surface area contributed by atoms with Crippen LogP contribution in [0.1, 0.15) is 54.6 Å². The zero-order valence-corrected chi connectivity index (χ0v) is 21.7. The highest BCUT2D eigenvalue weighted by atomic mass is 16.5. The molecule has 8 heteroatoms. The fourth-order valence-electron chi connectivity index (χ4n) is 4.19. The molecule has 8 nitrogen and oxygen atoms in total. The first-order valence-electron chi connectivity index (χ1n) is 12.5. The molecule has 38 heavy (non-hydrogen) atoms. The second kappa shape index (κ2) is 12.1. The number of nitriles is 1. The van der Waals surface area contributed by atoms with Gasteiger partial charge in [-0.1, -0.05) is 25.1 Å². The van der Waals surface area contributed by atoms with E-state index < -0.39 is 11.9 Å². The van der Waals surface area contributed by atoms with Crippen molar-refractivity contribution in [1.82, 2.24) is 0 Å². The number of hydrogen-bond acceptors (Lipinski definition) is 8. The molecular weight excluding hydrogens is 484 g/mol. The minimum absolute atomic E-state index is 0.0129. The van der Waals surface area contributed by atoms with E-state index in [2.05, 4.69) is 6.07 Å². The lowest BCUT2D eigenvalue weighted by Gasteiger charge is -2.27.